The van der Waals surface area contributed by atoms with E-state index < -0.39 is 0 Å². The molecular formula is C14H20N2O3. The lowest BCUT2D eigenvalue weighted by molar-refractivity contribution is -0.129. The Hall–Kier alpha value is -1.88. The number of hydrazine groups is 1. The number of hydrogen-bond donors (Lipinski definition) is 2. The van der Waals surface area contributed by atoms with Crippen molar-refractivity contribution in [3.63, 3.8) is 0 Å². The summed E-state index contributed by atoms with van der Waals surface area (Å²) < 4.78 is 5.08. The lowest BCUT2D eigenvalue weighted by Gasteiger charge is -2.15. The van der Waals surface area contributed by atoms with Crippen LogP contribution < -0.4 is 15.6 Å². The zero-order valence-electron chi connectivity index (χ0n) is 11.5. The monoisotopic (exact) mass is 264 g/mol. The number of amides is 1. The Morgan fingerprint density at radius 1 is 1.26 bits per heavy atom. The number of nitrogens with one attached hydrogen (secondary N) is 2. The van der Waals surface area contributed by atoms with Crippen molar-refractivity contribution in [1.29, 1.82) is 0 Å². The summed E-state index contributed by atoms with van der Waals surface area (Å²) in [5.74, 6) is 0.239. The highest BCUT2D eigenvalue weighted by atomic mass is 16.5. The third-order valence-electron chi connectivity index (χ3n) is 2.79. The molecule has 1 rings (SSSR count). The Morgan fingerprint density at radius 2 is 1.89 bits per heavy atom. The highest BCUT2D eigenvalue weighted by Gasteiger charge is 2.20. The lowest BCUT2D eigenvalue weighted by atomic mass is 9.94. The minimum Gasteiger partial charge on any atom is -0.497 e. The van der Waals surface area contributed by atoms with Crippen LogP contribution in [-0.4, -0.2) is 25.8 Å². The first-order chi connectivity index (χ1) is 9.06. The number of benzene rings is 1. The molecule has 1 aromatic carbocycles. The van der Waals surface area contributed by atoms with Crippen LogP contribution in [0.2, 0.25) is 0 Å². The molecule has 1 atom stereocenters. The van der Waals surface area contributed by atoms with E-state index in [0.717, 1.165) is 11.3 Å². The minimum atomic E-state index is -0.363. The third kappa shape index (κ3) is 5.09. The highest BCUT2D eigenvalue weighted by molar-refractivity contribution is 5.85. The normalized spacial score (nSPS) is 11.7. The summed E-state index contributed by atoms with van der Waals surface area (Å²) in [7, 11) is 3.23. The summed E-state index contributed by atoms with van der Waals surface area (Å²) >= 11 is 0. The van der Waals surface area contributed by atoms with Crippen molar-refractivity contribution in [2.24, 2.45) is 5.92 Å². The van der Waals surface area contributed by atoms with Crippen LogP contribution in [0.5, 0.6) is 5.75 Å². The fraction of sp³-hybridized carbons (Fsp3) is 0.429. The maximum Gasteiger partial charge on any atom is 0.237 e. The molecule has 0 aliphatic carbocycles. The van der Waals surface area contributed by atoms with E-state index in [-0.39, 0.29) is 24.0 Å². The molecule has 0 unspecified atom stereocenters. The first kappa shape index (κ1) is 15.2. The van der Waals surface area contributed by atoms with Gasteiger partial charge in [0.15, 0.2) is 0 Å². The molecule has 0 saturated carbocycles. The first-order valence-corrected chi connectivity index (χ1v) is 6.15. The number of ether oxygens (including phenoxy) is 1. The number of methoxy groups -OCH3 is 1. The average molecular weight is 264 g/mol. The van der Waals surface area contributed by atoms with Gasteiger partial charge >= 0.3 is 0 Å². The van der Waals surface area contributed by atoms with E-state index in [0.29, 0.717) is 6.42 Å². The molecule has 0 spiro atoms. The summed E-state index contributed by atoms with van der Waals surface area (Å²) in [6, 6.07) is 7.49. The van der Waals surface area contributed by atoms with Crippen molar-refractivity contribution in [2.75, 3.05) is 14.2 Å². The molecule has 19 heavy (non-hydrogen) atoms. The molecule has 0 heterocycles. The molecule has 0 saturated heterocycles. The largest absolute Gasteiger partial charge is 0.497 e. The predicted octanol–water partition coefficient (Wildman–Crippen LogP) is 1.08. The number of carbonyl (C=O) groups excluding carboxylic acids is 2. The van der Waals surface area contributed by atoms with Crippen LogP contribution in [-0.2, 0) is 16.0 Å². The van der Waals surface area contributed by atoms with Crippen molar-refractivity contribution in [1.82, 2.24) is 10.9 Å². The van der Waals surface area contributed by atoms with Crippen molar-refractivity contribution in [3.05, 3.63) is 29.8 Å². The second kappa shape index (κ2) is 7.53. The lowest BCUT2D eigenvalue weighted by Crippen LogP contribution is -2.40. The minimum absolute atomic E-state index is 0.00441. The van der Waals surface area contributed by atoms with Crippen molar-refractivity contribution in [2.45, 2.75) is 19.8 Å². The van der Waals surface area contributed by atoms with E-state index in [2.05, 4.69) is 10.9 Å². The fourth-order valence-electron chi connectivity index (χ4n) is 1.88. The van der Waals surface area contributed by atoms with E-state index in [9.17, 15) is 9.59 Å². The van der Waals surface area contributed by atoms with Crippen molar-refractivity contribution < 1.29 is 14.3 Å². The van der Waals surface area contributed by atoms with Crippen LogP contribution in [0.3, 0.4) is 0 Å². The van der Waals surface area contributed by atoms with Gasteiger partial charge in [-0.3, -0.25) is 10.2 Å². The van der Waals surface area contributed by atoms with Gasteiger partial charge in [0.1, 0.15) is 11.5 Å². The highest BCUT2D eigenvalue weighted by Crippen LogP contribution is 2.17. The van der Waals surface area contributed by atoms with Gasteiger partial charge in [-0.1, -0.05) is 12.1 Å². The molecule has 0 aromatic heterocycles. The smallest absolute Gasteiger partial charge is 0.237 e. The van der Waals surface area contributed by atoms with Gasteiger partial charge in [0.2, 0.25) is 5.91 Å². The number of ketones is 1. The summed E-state index contributed by atoms with van der Waals surface area (Å²) in [6.07, 6.45) is 0.761. The van der Waals surface area contributed by atoms with Gasteiger partial charge < -0.3 is 9.53 Å². The van der Waals surface area contributed by atoms with Gasteiger partial charge in [0.05, 0.1) is 13.0 Å². The maximum atomic E-state index is 11.9. The second-order valence-corrected chi connectivity index (χ2v) is 4.39. The molecule has 1 amide bonds. The first-order valence-electron chi connectivity index (χ1n) is 6.15. The van der Waals surface area contributed by atoms with E-state index >= 15 is 0 Å². The Labute approximate surface area is 113 Å². The molecule has 0 bridgehead atoms. The van der Waals surface area contributed by atoms with Crippen LogP contribution in [0, 0.1) is 5.92 Å². The topological polar surface area (TPSA) is 67.4 Å². The van der Waals surface area contributed by atoms with Gasteiger partial charge in [-0.25, -0.2) is 5.43 Å². The van der Waals surface area contributed by atoms with Crippen LogP contribution in [0.4, 0.5) is 0 Å². The average Bonchev–Trinajstić information content (AvgIpc) is 2.38. The van der Waals surface area contributed by atoms with E-state index in [1.807, 2.05) is 24.3 Å². The summed E-state index contributed by atoms with van der Waals surface area (Å²) in [5, 5.41) is 0. The van der Waals surface area contributed by atoms with Crippen molar-refractivity contribution >= 4 is 11.7 Å². The number of Topliss-reactive ketones (excluding diaryl/α,β-unsaturated/α-hetero) is 1. The third-order valence-corrected chi connectivity index (χ3v) is 2.79. The standard InChI is InChI=1S/C14H20N2O3/c1-10(17)8-12(14(18)16-15-2)9-11-4-6-13(19-3)7-5-11/h4-7,12,15H,8-9H2,1-3H3,(H,16,18)/t12-/m1/s1. The Balaban J connectivity index is 2.74. The summed E-state index contributed by atoms with van der Waals surface area (Å²) in [6.45, 7) is 1.49. The fourth-order valence-corrected chi connectivity index (χ4v) is 1.88. The molecule has 2 N–H and O–H groups in total. The Kier molecular flexibility index (Phi) is 6.02. The number of rotatable bonds is 7. The summed E-state index contributed by atoms with van der Waals surface area (Å²) in [5.41, 5.74) is 6.12. The van der Waals surface area contributed by atoms with Gasteiger partial charge in [0.25, 0.3) is 0 Å². The van der Waals surface area contributed by atoms with E-state index in [1.165, 1.54) is 6.92 Å². The Bertz CT molecular complexity index is 429. The number of carbonyl (C=O) groups is 2. The number of hydrogen-bond acceptors (Lipinski definition) is 4. The van der Waals surface area contributed by atoms with Gasteiger partial charge in [-0.2, -0.15) is 0 Å². The van der Waals surface area contributed by atoms with Crippen molar-refractivity contribution in [3.8, 4) is 5.75 Å². The zero-order chi connectivity index (χ0) is 14.3. The molecule has 0 radical (unpaired) electrons. The van der Waals surface area contributed by atoms with E-state index in [4.69, 9.17) is 4.74 Å². The second-order valence-electron chi connectivity index (χ2n) is 4.39. The van der Waals surface area contributed by atoms with Crippen LogP contribution in [0.25, 0.3) is 0 Å². The molecule has 0 aliphatic heterocycles. The van der Waals surface area contributed by atoms with Crippen LogP contribution in [0.1, 0.15) is 18.9 Å². The summed E-state index contributed by atoms with van der Waals surface area (Å²) in [4.78, 5) is 23.1. The van der Waals surface area contributed by atoms with Gasteiger partial charge in [0, 0.05) is 13.5 Å². The molecule has 5 nitrogen and oxygen atoms in total. The van der Waals surface area contributed by atoms with E-state index in [1.54, 1.807) is 14.2 Å². The molecule has 104 valence electrons. The molecule has 0 aliphatic rings. The molecule has 0 fully saturated rings. The molecule has 5 heteroatoms. The SMILES string of the molecule is CNNC(=O)[C@H](CC(C)=O)Cc1ccc(OC)cc1. The Morgan fingerprint density at radius 3 is 2.37 bits per heavy atom. The predicted molar refractivity (Wildman–Crippen MR) is 72.7 cm³/mol. The van der Waals surface area contributed by atoms with Gasteiger partial charge in [-0.05, 0) is 31.0 Å². The molecular weight excluding hydrogens is 244 g/mol. The van der Waals surface area contributed by atoms with Crippen LogP contribution in [0.15, 0.2) is 24.3 Å². The van der Waals surface area contributed by atoms with Crippen LogP contribution >= 0.6 is 0 Å². The van der Waals surface area contributed by atoms with Gasteiger partial charge in [-0.15, -0.1) is 0 Å². The maximum absolute atomic E-state index is 11.9. The molecule has 1 aromatic rings. The quantitative estimate of drug-likeness (QED) is 0.723. The zero-order valence-corrected chi connectivity index (χ0v) is 11.5.